The first-order valence-electron chi connectivity index (χ1n) is 16.1. The molecule has 0 aliphatic heterocycles. The molecule has 0 bridgehead atoms. The van der Waals surface area contributed by atoms with E-state index in [2.05, 4.69) is 80.9 Å². The predicted octanol–water partition coefficient (Wildman–Crippen LogP) is 7.73. The van der Waals surface area contributed by atoms with E-state index >= 15 is 0 Å². The second-order valence-electron chi connectivity index (χ2n) is 14.4. The van der Waals surface area contributed by atoms with Gasteiger partial charge < -0.3 is 16.4 Å². The first kappa shape index (κ1) is 30.8. The van der Waals surface area contributed by atoms with Gasteiger partial charge in [0.15, 0.2) is 5.96 Å². The van der Waals surface area contributed by atoms with Gasteiger partial charge in [-0.2, -0.15) is 0 Å². The van der Waals surface area contributed by atoms with Gasteiger partial charge in [0.1, 0.15) is 0 Å². The van der Waals surface area contributed by atoms with Crippen LogP contribution in [0.25, 0.3) is 11.1 Å². The first-order valence-corrected chi connectivity index (χ1v) is 16.1. The third kappa shape index (κ3) is 7.14. The van der Waals surface area contributed by atoms with Crippen molar-refractivity contribution in [3.05, 3.63) is 94.5 Å². The molecule has 0 atom stereocenters. The zero-order valence-corrected chi connectivity index (χ0v) is 26.8. The number of rotatable bonds is 8. The molecular formula is C38H50N4O. The van der Waals surface area contributed by atoms with E-state index in [9.17, 15) is 4.79 Å². The van der Waals surface area contributed by atoms with E-state index < -0.39 is 0 Å². The molecule has 0 aromatic heterocycles. The molecule has 4 N–H and O–H groups in total. The fourth-order valence-corrected chi connectivity index (χ4v) is 7.12. The van der Waals surface area contributed by atoms with Crippen molar-refractivity contribution in [1.29, 1.82) is 0 Å². The third-order valence-corrected chi connectivity index (χ3v) is 10.2. The van der Waals surface area contributed by atoms with Gasteiger partial charge in [-0.05, 0) is 114 Å². The van der Waals surface area contributed by atoms with E-state index in [4.69, 9.17) is 11.5 Å². The summed E-state index contributed by atoms with van der Waals surface area (Å²) in [5, 5.41) is 0. The topological polar surface area (TPSA) is 84.7 Å². The van der Waals surface area contributed by atoms with Gasteiger partial charge in [-0.15, -0.1) is 0 Å². The number of aryl methyl sites for hydroxylation is 1. The van der Waals surface area contributed by atoms with Crippen LogP contribution in [0.1, 0.15) is 98.8 Å². The van der Waals surface area contributed by atoms with Crippen LogP contribution in [0.4, 0.5) is 0 Å². The predicted molar refractivity (Wildman–Crippen MR) is 179 cm³/mol. The minimum atomic E-state index is 0.110. The zero-order valence-electron chi connectivity index (χ0n) is 26.8. The highest BCUT2D eigenvalue weighted by molar-refractivity contribution is 5.94. The molecule has 228 valence electrons. The van der Waals surface area contributed by atoms with Crippen LogP contribution < -0.4 is 11.5 Å². The van der Waals surface area contributed by atoms with Crippen molar-refractivity contribution in [2.24, 2.45) is 28.3 Å². The van der Waals surface area contributed by atoms with Gasteiger partial charge in [0, 0.05) is 25.2 Å². The molecule has 3 aromatic carbocycles. The molecule has 1 saturated carbocycles. The van der Waals surface area contributed by atoms with E-state index in [-0.39, 0.29) is 22.7 Å². The van der Waals surface area contributed by atoms with Crippen molar-refractivity contribution in [1.82, 2.24) is 4.90 Å². The Labute approximate surface area is 258 Å². The SMILES string of the molecule is Cc1cc2c(cc1CN(CC1CCC(CN=C(N)N)CC1)C(=O)c1ccc(-c3ccccc3)cc1)C(C)(C)CCC2(C)C. The smallest absolute Gasteiger partial charge is 0.254 e. The van der Waals surface area contributed by atoms with Crippen LogP contribution in [0.15, 0.2) is 71.7 Å². The molecule has 1 amide bonds. The maximum atomic E-state index is 14.2. The summed E-state index contributed by atoms with van der Waals surface area (Å²) in [4.78, 5) is 20.6. The Balaban J connectivity index is 1.41. The molecule has 0 radical (unpaired) electrons. The Morgan fingerprint density at radius 1 is 0.814 bits per heavy atom. The Kier molecular flexibility index (Phi) is 9.01. The number of hydrogen-bond acceptors (Lipinski definition) is 2. The van der Waals surface area contributed by atoms with Gasteiger partial charge in [-0.25, -0.2) is 0 Å². The highest BCUT2D eigenvalue weighted by atomic mass is 16.2. The molecule has 43 heavy (non-hydrogen) atoms. The standard InChI is InChI=1S/C38H50N4O/c1-26-21-33-34(38(4,5)20-19-37(33,2)3)22-32(26)25-42(24-28-13-11-27(12-14-28)23-41-36(39)40)35(43)31-17-15-30(16-18-31)29-9-7-6-8-10-29/h6-10,15-18,21-22,27-28H,11-14,19-20,23-25H2,1-5H3,(H4,39,40,41). The number of nitrogens with two attached hydrogens (primary N) is 2. The van der Waals surface area contributed by atoms with Crippen molar-refractivity contribution in [3.8, 4) is 11.1 Å². The normalized spacial score (nSPS) is 20.6. The summed E-state index contributed by atoms with van der Waals surface area (Å²) in [6, 6.07) is 23.3. The highest BCUT2D eigenvalue weighted by Gasteiger charge is 2.37. The van der Waals surface area contributed by atoms with Gasteiger partial charge in [0.25, 0.3) is 5.91 Å². The quantitative estimate of drug-likeness (QED) is 0.212. The molecule has 1 fully saturated rings. The Morgan fingerprint density at radius 2 is 1.37 bits per heavy atom. The second-order valence-corrected chi connectivity index (χ2v) is 14.4. The first-order chi connectivity index (χ1) is 20.4. The maximum absolute atomic E-state index is 14.2. The van der Waals surface area contributed by atoms with E-state index in [0.717, 1.165) is 48.9 Å². The van der Waals surface area contributed by atoms with Crippen LogP contribution in [0, 0.1) is 18.8 Å². The fourth-order valence-electron chi connectivity index (χ4n) is 7.12. The third-order valence-electron chi connectivity index (χ3n) is 10.2. The minimum absolute atomic E-state index is 0.110. The number of nitrogens with zero attached hydrogens (tertiary/aromatic N) is 2. The summed E-state index contributed by atoms with van der Waals surface area (Å²) >= 11 is 0. The average Bonchev–Trinajstić information content (AvgIpc) is 2.99. The fraction of sp³-hybridized carbons (Fsp3) is 0.474. The number of guanidine groups is 1. The second kappa shape index (κ2) is 12.6. The van der Waals surface area contributed by atoms with Gasteiger partial charge in [-0.3, -0.25) is 9.79 Å². The molecule has 0 spiro atoms. The lowest BCUT2D eigenvalue weighted by atomic mass is 9.62. The molecule has 2 aliphatic rings. The number of carbonyl (C=O) groups is 1. The number of benzene rings is 3. The summed E-state index contributed by atoms with van der Waals surface area (Å²) in [5.74, 6) is 1.26. The largest absolute Gasteiger partial charge is 0.370 e. The molecule has 5 heteroatoms. The molecule has 0 unspecified atom stereocenters. The number of carbonyl (C=O) groups excluding carboxylic acids is 1. The summed E-state index contributed by atoms with van der Waals surface area (Å²) in [6.07, 6.45) is 6.74. The lowest BCUT2D eigenvalue weighted by molar-refractivity contribution is 0.0690. The Bertz CT molecular complexity index is 1440. The van der Waals surface area contributed by atoms with Crippen LogP contribution in [0.5, 0.6) is 0 Å². The summed E-state index contributed by atoms with van der Waals surface area (Å²) in [5.41, 5.74) is 19.9. The van der Waals surface area contributed by atoms with E-state index in [0.29, 0.717) is 24.9 Å². The number of fused-ring (bicyclic) bond motifs is 1. The lowest BCUT2D eigenvalue weighted by Crippen LogP contribution is -2.37. The van der Waals surface area contributed by atoms with E-state index in [1.165, 1.54) is 35.1 Å². The van der Waals surface area contributed by atoms with Gasteiger partial charge in [0.2, 0.25) is 0 Å². The van der Waals surface area contributed by atoms with Crippen molar-refractivity contribution in [2.45, 2.75) is 90.5 Å². The molecule has 3 aromatic rings. The summed E-state index contributed by atoms with van der Waals surface area (Å²) < 4.78 is 0. The van der Waals surface area contributed by atoms with Crippen LogP contribution in [0.2, 0.25) is 0 Å². The van der Waals surface area contributed by atoms with Crippen molar-refractivity contribution >= 4 is 11.9 Å². The Morgan fingerprint density at radius 3 is 1.98 bits per heavy atom. The molecule has 0 saturated heterocycles. The van der Waals surface area contributed by atoms with Gasteiger partial charge >= 0.3 is 0 Å². The molecule has 0 heterocycles. The monoisotopic (exact) mass is 578 g/mol. The molecular weight excluding hydrogens is 528 g/mol. The highest BCUT2D eigenvalue weighted by Crippen LogP contribution is 2.46. The van der Waals surface area contributed by atoms with Crippen LogP contribution in [0.3, 0.4) is 0 Å². The molecule has 5 nitrogen and oxygen atoms in total. The van der Waals surface area contributed by atoms with Crippen LogP contribution in [-0.4, -0.2) is 29.9 Å². The zero-order chi connectivity index (χ0) is 30.8. The number of hydrogen-bond donors (Lipinski definition) is 2. The van der Waals surface area contributed by atoms with Gasteiger partial charge in [0.05, 0.1) is 0 Å². The Hall–Kier alpha value is -3.60. The van der Waals surface area contributed by atoms with Crippen molar-refractivity contribution in [2.75, 3.05) is 13.1 Å². The lowest BCUT2D eigenvalue weighted by Gasteiger charge is -2.42. The molecule has 5 rings (SSSR count). The van der Waals surface area contributed by atoms with Crippen LogP contribution in [-0.2, 0) is 17.4 Å². The number of aliphatic imine (C=N–C) groups is 1. The van der Waals surface area contributed by atoms with Gasteiger partial charge in [-0.1, -0.05) is 82.3 Å². The van der Waals surface area contributed by atoms with Crippen molar-refractivity contribution in [3.63, 3.8) is 0 Å². The van der Waals surface area contributed by atoms with Crippen LogP contribution >= 0.6 is 0 Å². The maximum Gasteiger partial charge on any atom is 0.254 e. The molecule has 2 aliphatic carbocycles. The minimum Gasteiger partial charge on any atom is -0.370 e. The van der Waals surface area contributed by atoms with E-state index in [1.54, 1.807) is 0 Å². The van der Waals surface area contributed by atoms with Crippen molar-refractivity contribution < 1.29 is 4.79 Å². The number of amides is 1. The summed E-state index contributed by atoms with van der Waals surface area (Å²) in [6.45, 7) is 13.8. The average molecular weight is 579 g/mol. The van der Waals surface area contributed by atoms with E-state index in [1.807, 2.05) is 30.3 Å². The summed E-state index contributed by atoms with van der Waals surface area (Å²) in [7, 11) is 0.